The van der Waals surface area contributed by atoms with Gasteiger partial charge in [-0.15, -0.1) is 0 Å². The number of benzene rings is 2. The Labute approximate surface area is 195 Å². The standard InChI is InChI=1S/C25H32Cl2N2O2/c1-6-23(25(31)28-14-16(2)3)29(15-20-7-8-21(26)13-22(20)27)24(30)12-19-10-17(4)9-18(5)11-19/h7-11,13,16,23H,6,12,14-15H2,1-5H3,(H,28,31). The van der Waals surface area contributed by atoms with Gasteiger partial charge in [-0.1, -0.05) is 79.4 Å². The second kappa shape index (κ2) is 11.5. The van der Waals surface area contributed by atoms with Crippen molar-refractivity contribution in [2.24, 2.45) is 5.92 Å². The number of amides is 2. The maximum atomic E-state index is 13.4. The fraction of sp³-hybridized carbons (Fsp3) is 0.440. The number of aryl methyl sites for hydroxylation is 2. The molecular formula is C25H32Cl2N2O2. The summed E-state index contributed by atoms with van der Waals surface area (Å²) in [5, 5.41) is 3.98. The summed E-state index contributed by atoms with van der Waals surface area (Å²) in [5.41, 5.74) is 3.91. The van der Waals surface area contributed by atoms with Crippen LogP contribution in [0.5, 0.6) is 0 Å². The van der Waals surface area contributed by atoms with Gasteiger partial charge in [-0.05, 0) is 49.4 Å². The Balaban J connectivity index is 2.34. The number of nitrogens with zero attached hydrogens (tertiary/aromatic N) is 1. The lowest BCUT2D eigenvalue weighted by molar-refractivity contribution is -0.141. The van der Waals surface area contributed by atoms with E-state index in [9.17, 15) is 9.59 Å². The summed E-state index contributed by atoms with van der Waals surface area (Å²) >= 11 is 12.4. The number of halogens is 2. The molecule has 1 atom stereocenters. The molecule has 0 fully saturated rings. The van der Waals surface area contributed by atoms with E-state index in [-0.39, 0.29) is 24.8 Å². The summed E-state index contributed by atoms with van der Waals surface area (Å²) in [5.74, 6) is 0.0733. The monoisotopic (exact) mass is 462 g/mol. The summed E-state index contributed by atoms with van der Waals surface area (Å²) in [7, 11) is 0. The van der Waals surface area contributed by atoms with E-state index in [2.05, 4.69) is 11.4 Å². The van der Waals surface area contributed by atoms with Crippen LogP contribution in [-0.4, -0.2) is 29.3 Å². The largest absolute Gasteiger partial charge is 0.354 e. The van der Waals surface area contributed by atoms with Crippen LogP contribution in [0.4, 0.5) is 0 Å². The molecule has 0 aliphatic heterocycles. The highest BCUT2D eigenvalue weighted by Gasteiger charge is 2.29. The molecule has 31 heavy (non-hydrogen) atoms. The van der Waals surface area contributed by atoms with Crippen LogP contribution in [0.2, 0.25) is 10.0 Å². The van der Waals surface area contributed by atoms with E-state index < -0.39 is 6.04 Å². The molecule has 0 aromatic heterocycles. The molecule has 0 saturated heterocycles. The third kappa shape index (κ3) is 7.55. The number of carbonyl (C=O) groups excluding carboxylic acids is 2. The zero-order valence-electron chi connectivity index (χ0n) is 19.0. The van der Waals surface area contributed by atoms with Gasteiger partial charge in [0.1, 0.15) is 6.04 Å². The lowest BCUT2D eigenvalue weighted by atomic mass is 10.0. The first kappa shape index (κ1) is 25.2. The van der Waals surface area contributed by atoms with Crippen molar-refractivity contribution in [1.29, 1.82) is 0 Å². The molecule has 0 heterocycles. The fourth-order valence-corrected chi connectivity index (χ4v) is 4.09. The molecule has 6 heteroatoms. The first-order valence-corrected chi connectivity index (χ1v) is 11.4. The summed E-state index contributed by atoms with van der Waals surface area (Å²) in [6, 6.07) is 10.7. The lowest BCUT2D eigenvalue weighted by Crippen LogP contribution is -2.50. The predicted octanol–water partition coefficient (Wildman–Crippen LogP) is 5.73. The number of hydrogen-bond acceptors (Lipinski definition) is 2. The van der Waals surface area contributed by atoms with Crippen LogP contribution in [0, 0.1) is 19.8 Å². The molecule has 2 aromatic rings. The molecule has 0 aliphatic carbocycles. The fourth-order valence-electron chi connectivity index (χ4n) is 3.62. The maximum absolute atomic E-state index is 13.4. The molecule has 0 aliphatic rings. The van der Waals surface area contributed by atoms with Gasteiger partial charge in [0, 0.05) is 23.1 Å². The van der Waals surface area contributed by atoms with E-state index in [1.807, 2.05) is 46.8 Å². The minimum atomic E-state index is -0.580. The lowest BCUT2D eigenvalue weighted by Gasteiger charge is -2.31. The molecule has 168 valence electrons. The van der Waals surface area contributed by atoms with Gasteiger partial charge in [0.05, 0.1) is 6.42 Å². The highest BCUT2D eigenvalue weighted by molar-refractivity contribution is 6.35. The van der Waals surface area contributed by atoms with E-state index in [4.69, 9.17) is 23.2 Å². The molecular weight excluding hydrogens is 431 g/mol. The van der Waals surface area contributed by atoms with Crippen molar-refractivity contribution in [3.63, 3.8) is 0 Å². The van der Waals surface area contributed by atoms with E-state index in [0.717, 1.165) is 22.3 Å². The number of rotatable bonds is 9. The highest BCUT2D eigenvalue weighted by Crippen LogP contribution is 2.24. The molecule has 2 amide bonds. The number of nitrogens with one attached hydrogen (secondary N) is 1. The smallest absolute Gasteiger partial charge is 0.242 e. The van der Waals surface area contributed by atoms with Crippen molar-refractivity contribution in [1.82, 2.24) is 10.2 Å². The molecule has 1 N–H and O–H groups in total. The van der Waals surface area contributed by atoms with Crippen LogP contribution < -0.4 is 5.32 Å². The zero-order valence-corrected chi connectivity index (χ0v) is 20.5. The second-order valence-corrected chi connectivity index (χ2v) is 9.34. The van der Waals surface area contributed by atoms with Crippen LogP contribution in [0.1, 0.15) is 49.4 Å². The molecule has 0 radical (unpaired) electrons. The zero-order chi connectivity index (χ0) is 23.1. The molecule has 1 unspecified atom stereocenters. The predicted molar refractivity (Wildman–Crippen MR) is 129 cm³/mol. The molecule has 0 spiro atoms. The van der Waals surface area contributed by atoms with Gasteiger partial charge in [-0.3, -0.25) is 9.59 Å². The van der Waals surface area contributed by atoms with Gasteiger partial charge < -0.3 is 10.2 Å². The van der Waals surface area contributed by atoms with Crippen LogP contribution in [0.15, 0.2) is 36.4 Å². The summed E-state index contributed by atoms with van der Waals surface area (Å²) in [6.07, 6.45) is 0.732. The second-order valence-electron chi connectivity index (χ2n) is 8.49. The van der Waals surface area contributed by atoms with Crippen LogP contribution >= 0.6 is 23.2 Å². The molecule has 4 nitrogen and oxygen atoms in total. The molecule has 2 rings (SSSR count). The molecule has 2 aromatic carbocycles. The Morgan fingerprint density at radius 3 is 2.23 bits per heavy atom. The first-order chi connectivity index (χ1) is 14.6. The Kier molecular flexibility index (Phi) is 9.39. The van der Waals surface area contributed by atoms with Crippen molar-refractivity contribution < 1.29 is 9.59 Å². The van der Waals surface area contributed by atoms with Crippen molar-refractivity contribution in [2.75, 3.05) is 6.54 Å². The van der Waals surface area contributed by atoms with E-state index >= 15 is 0 Å². The Hall–Kier alpha value is -2.04. The molecule has 0 saturated carbocycles. The van der Waals surface area contributed by atoms with Gasteiger partial charge in [0.15, 0.2) is 0 Å². The summed E-state index contributed by atoms with van der Waals surface area (Å²) in [6.45, 7) is 10.8. The van der Waals surface area contributed by atoms with Crippen molar-refractivity contribution >= 4 is 35.0 Å². The quantitative estimate of drug-likeness (QED) is 0.516. The van der Waals surface area contributed by atoms with E-state index in [1.54, 1.807) is 23.1 Å². The van der Waals surface area contributed by atoms with Gasteiger partial charge >= 0.3 is 0 Å². The van der Waals surface area contributed by atoms with Crippen LogP contribution in [0.25, 0.3) is 0 Å². The van der Waals surface area contributed by atoms with Crippen molar-refractivity contribution in [3.8, 4) is 0 Å². The van der Waals surface area contributed by atoms with Gasteiger partial charge in [0.2, 0.25) is 11.8 Å². The minimum absolute atomic E-state index is 0.109. The third-order valence-corrected chi connectivity index (χ3v) is 5.65. The number of hydrogen-bond donors (Lipinski definition) is 1. The Morgan fingerprint density at radius 1 is 1.03 bits per heavy atom. The third-order valence-electron chi connectivity index (χ3n) is 5.06. The van der Waals surface area contributed by atoms with Crippen molar-refractivity contribution in [2.45, 2.75) is 60.0 Å². The average Bonchev–Trinajstić information content (AvgIpc) is 2.66. The minimum Gasteiger partial charge on any atom is -0.354 e. The van der Waals surface area contributed by atoms with Crippen molar-refractivity contribution in [3.05, 3.63) is 68.7 Å². The first-order valence-electron chi connectivity index (χ1n) is 10.7. The molecule has 0 bridgehead atoms. The number of carbonyl (C=O) groups is 2. The van der Waals surface area contributed by atoms with Gasteiger partial charge in [0.25, 0.3) is 0 Å². The van der Waals surface area contributed by atoms with E-state index in [1.165, 1.54) is 0 Å². The normalized spacial score (nSPS) is 12.0. The average molecular weight is 463 g/mol. The Bertz CT molecular complexity index is 907. The highest BCUT2D eigenvalue weighted by atomic mass is 35.5. The summed E-state index contributed by atoms with van der Waals surface area (Å²) < 4.78 is 0. The topological polar surface area (TPSA) is 49.4 Å². The SMILES string of the molecule is CCC(C(=O)NCC(C)C)N(Cc1ccc(Cl)cc1Cl)C(=O)Cc1cc(C)cc(C)c1. The Morgan fingerprint density at radius 2 is 1.68 bits per heavy atom. The van der Waals surface area contributed by atoms with Gasteiger partial charge in [-0.25, -0.2) is 0 Å². The van der Waals surface area contributed by atoms with Gasteiger partial charge in [-0.2, -0.15) is 0 Å². The van der Waals surface area contributed by atoms with E-state index in [0.29, 0.717) is 28.9 Å². The maximum Gasteiger partial charge on any atom is 0.242 e. The summed E-state index contributed by atoms with van der Waals surface area (Å²) in [4.78, 5) is 28.0. The van der Waals surface area contributed by atoms with Crippen LogP contribution in [-0.2, 0) is 22.6 Å². The van der Waals surface area contributed by atoms with Crippen LogP contribution in [0.3, 0.4) is 0 Å².